The molecule has 0 radical (unpaired) electrons. The summed E-state index contributed by atoms with van der Waals surface area (Å²) in [6.45, 7) is 4.41. The van der Waals surface area contributed by atoms with Crippen LogP contribution in [0.5, 0.6) is 0 Å². The molecule has 43 heavy (non-hydrogen) atoms. The molecular weight excluding hydrogens is 619 g/mol. The van der Waals surface area contributed by atoms with Crippen LogP contribution in [0.2, 0.25) is 0 Å². The zero-order chi connectivity index (χ0) is 30.2. The van der Waals surface area contributed by atoms with Crippen molar-refractivity contribution in [2.45, 2.75) is 18.7 Å². The van der Waals surface area contributed by atoms with Crippen LogP contribution in [0, 0.1) is 5.41 Å². The van der Waals surface area contributed by atoms with Crippen LogP contribution in [0.1, 0.15) is 39.3 Å². The van der Waals surface area contributed by atoms with Crippen LogP contribution in [0.4, 0.5) is 0 Å². The van der Waals surface area contributed by atoms with Gasteiger partial charge in [0.05, 0.1) is 48.9 Å². The molecule has 1 atom stereocenters. The molecular formula is C27H29N5O8S3. The quantitative estimate of drug-likeness (QED) is 0.241. The number of hydrogen-bond acceptors (Lipinski definition) is 12. The van der Waals surface area contributed by atoms with E-state index in [1.807, 2.05) is 37.3 Å². The van der Waals surface area contributed by atoms with Crippen molar-refractivity contribution in [1.82, 2.24) is 24.8 Å². The number of aromatic nitrogens is 3. The van der Waals surface area contributed by atoms with E-state index < -0.39 is 31.4 Å². The summed E-state index contributed by atoms with van der Waals surface area (Å²) in [5.41, 5.74) is 2.42. The molecule has 4 aromatic rings. The molecule has 1 amide bonds. The highest BCUT2D eigenvalue weighted by Gasteiger charge is 2.45. The van der Waals surface area contributed by atoms with Crippen LogP contribution in [-0.2, 0) is 36.7 Å². The number of nitrogens with one attached hydrogen (secondary N) is 1. The van der Waals surface area contributed by atoms with E-state index in [0.29, 0.717) is 50.6 Å². The van der Waals surface area contributed by atoms with E-state index >= 15 is 0 Å². The summed E-state index contributed by atoms with van der Waals surface area (Å²) in [4.78, 5) is 19.2. The molecule has 228 valence electrons. The van der Waals surface area contributed by atoms with Gasteiger partial charge in [-0.3, -0.25) is 4.79 Å². The third kappa shape index (κ3) is 6.49. The minimum Gasteiger partial charge on any atom is -0.422 e. The molecule has 2 fully saturated rings. The maximum atomic E-state index is 13.8. The predicted molar refractivity (Wildman–Crippen MR) is 158 cm³/mol. The second-order valence-corrected chi connectivity index (χ2v) is 14.8. The van der Waals surface area contributed by atoms with Crippen molar-refractivity contribution in [3.05, 3.63) is 64.8 Å². The maximum absolute atomic E-state index is 13.8. The first-order valence-corrected chi connectivity index (χ1v) is 17.2. The summed E-state index contributed by atoms with van der Waals surface area (Å²) in [6.07, 6.45) is 0. The van der Waals surface area contributed by atoms with Crippen molar-refractivity contribution in [3.63, 3.8) is 0 Å². The summed E-state index contributed by atoms with van der Waals surface area (Å²) in [6, 6.07) is 13.0. The predicted octanol–water partition coefficient (Wildman–Crippen LogP) is 1.98. The Labute approximate surface area is 253 Å². The van der Waals surface area contributed by atoms with Gasteiger partial charge in [-0.1, -0.05) is 25.1 Å². The van der Waals surface area contributed by atoms with Gasteiger partial charge in [-0.15, -0.1) is 21.5 Å². The fraction of sp³-hybridized carbons (Fsp3) is 0.407. The van der Waals surface area contributed by atoms with Crippen LogP contribution in [0.15, 0.2) is 46.9 Å². The van der Waals surface area contributed by atoms with E-state index in [-0.39, 0.29) is 35.0 Å². The Bertz CT molecular complexity index is 1820. The minimum absolute atomic E-state index is 0.0335. The summed E-state index contributed by atoms with van der Waals surface area (Å²) in [5.74, 6) is -0.453. The number of carbonyl (C=O) groups is 1. The normalized spacial score (nSPS) is 17.7. The molecule has 0 saturated carbocycles. The van der Waals surface area contributed by atoms with Gasteiger partial charge in [-0.2, -0.15) is 0 Å². The molecule has 2 aliphatic heterocycles. The van der Waals surface area contributed by atoms with Crippen LogP contribution in [0.25, 0.3) is 21.3 Å². The number of hydrogen-bond donors (Lipinski definition) is 2. The van der Waals surface area contributed by atoms with E-state index in [9.17, 15) is 21.6 Å². The molecule has 0 spiro atoms. The zero-order valence-electron chi connectivity index (χ0n) is 23.1. The molecule has 1 N–H and O–H groups in total. The SMILES string of the molecule is CC1(CS(=O)(=O)C(c2nnc(CN[SH](=O)=O)o2)c2nc3ccc(-c4ccc(C(=O)N5CCOCC5)cc4)cc3s2)COC1. The van der Waals surface area contributed by atoms with Crippen molar-refractivity contribution in [2.24, 2.45) is 5.41 Å². The van der Waals surface area contributed by atoms with Crippen molar-refractivity contribution in [1.29, 1.82) is 0 Å². The molecule has 2 aromatic heterocycles. The fourth-order valence-corrected chi connectivity index (χ4v) is 8.98. The van der Waals surface area contributed by atoms with Gasteiger partial charge in [0.1, 0.15) is 5.01 Å². The average molecular weight is 648 g/mol. The summed E-state index contributed by atoms with van der Waals surface area (Å²) in [7, 11) is -6.81. The number of benzene rings is 2. The summed E-state index contributed by atoms with van der Waals surface area (Å²) in [5, 5.41) is 6.74. The Morgan fingerprint density at radius 3 is 2.47 bits per heavy atom. The molecule has 2 aromatic carbocycles. The van der Waals surface area contributed by atoms with Gasteiger partial charge in [-0.25, -0.2) is 26.5 Å². The molecule has 4 heterocycles. The Morgan fingerprint density at radius 1 is 1.07 bits per heavy atom. The minimum atomic E-state index is -3.91. The molecule has 16 heteroatoms. The van der Waals surface area contributed by atoms with E-state index in [1.54, 1.807) is 17.0 Å². The number of thiazole rings is 1. The molecule has 0 aliphatic carbocycles. The molecule has 13 nitrogen and oxygen atoms in total. The van der Waals surface area contributed by atoms with Crippen molar-refractivity contribution < 1.29 is 35.5 Å². The summed E-state index contributed by atoms with van der Waals surface area (Å²) >= 11 is 1.21. The van der Waals surface area contributed by atoms with Gasteiger partial charge in [0.25, 0.3) is 5.91 Å². The smallest absolute Gasteiger partial charge is 0.254 e. The number of ether oxygens (including phenoxy) is 2. The molecule has 0 bridgehead atoms. The van der Waals surface area contributed by atoms with E-state index in [4.69, 9.17) is 13.9 Å². The van der Waals surface area contributed by atoms with Crippen LogP contribution >= 0.6 is 11.3 Å². The van der Waals surface area contributed by atoms with Gasteiger partial charge in [0.2, 0.25) is 22.7 Å². The number of sulfone groups is 1. The average Bonchev–Trinajstić information content (AvgIpc) is 3.61. The lowest BCUT2D eigenvalue weighted by atomic mass is 9.92. The van der Waals surface area contributed by atoms with Gasteiger partial charge < -0.3 is 18.8 Å². The molecule has 1 unspecified atom stereocenters. The Balaban J connectivity index is 1.30. The molecule has 6 rings (SSSR count). The lowest BCUT2D eigenvalue weighted by Gasteiger charge is -2.38. The van der Waals surface area contributed by atoms with Crippen molar-refractivity contribution in [3.8, 4) is 11.1 Å². The lowest BCUT2D eigenvalue weighted by Crippen LogP contribution is -2.46. The first kappa shape index (κ1) is 29.8. The van der Waals surface area contributed by atoms with Gasteiger partial charge in [-0.05, 0) is 35.4 Å². The second-order valence-electron chi connectivity index (χ2n) is 10.8. The topological polar surface area (TPSA) is 171 Å². The highest BCUT2D eigenvalue weighted by Crippen LogP contribution is 2.40. The fourth-order valence-electron chi connectivity index (χ4n) is 5.08. The van der Waals surface area contributed by atoms with Gasteiger partial charge in [0.15, 0.2) is 15.1 Å². The molecule has 2 saturated heterocycles. The largest absolute Gasteiger partial charge is 0.422 e. The van der Waals surface area contributed by atoms with Gasteiger partial charge in [0, 0.05) is 24.1 Å². The van der Waals surface area contributed by atoms with Crippen molar-refractivity contribution >= 4 is 48.2 Å². The number of carbonyl (C=O) groups excluding carboxylic acids is 1. The highest BCUT2D eigenvalue weighted by atomic mass is 32.2. The maximum Gasteiger partial charge on any atom is 0.254 e. The number of thiol groups is 1. The second kappa shape index (κ2) is 12.0. The van der Waals surface area contributed by atoms with E-state index in [0.717, 1.165) is 15.8 Å². The number of rotatable bonds is 10. The molecule has 2 aliphatic rings. The van der Waals surface area contributed by atoms with Crippen LogP contribution in [0.3, 0.4) is 0 Å². The first-order chi connectivity index (χ1) is 20.6. The lowest BCUT2D eigenvalue weighted by molar-refractivity contribution is -0.0870. The number of morpholine rings is 1. The third-order valence-electron chi connectivity index (χ3n) is 7.27. The standard InChI is InChI=1S/C27H29N5O8S3/c1-27(14-39-15-27)16-43(36,37)23(24-31-30-22(40-24)13-28-42(34)35)25-29-20-7-6-19(12-21(20)41-25)17-2-4-18(5-3-17)26(33)32-8-10-38-11-9-32/h2-7,12,23,42H,8-11,13-16H2,1H3,(H,28,34,35). The van der Waals surface area contributed by atoms with E-state index in [2.05, 4.69) is 19.9 Å². The third-order valence-corrected chi connectivity index (χ3v) is 11.2. The highest BCUT2D eigenvalue weighted by molar-refractivity contribution is 7.92. The number of amides is 1. The Kier molecular flexibility index (Phi) is 8.32. The van der Waals surface area contributed by atoms with E-state index in [1.165, 1.54) is 11.3 Å². The Hall–Kier alpha value is -3.28. The zero-order valence-corrected chi connectivity index (χ0v) is 25.6. The monoisotopic (exact) mass is 647 g/mol. The number of nitrogens with zero attached hydrogens (tertiary/aromatic N) is 4. The van der Waals surface area contributed by atoms with Gasteiger partial charge >= 0.3 is 0 Å². The summed E-state index contributed by atoms with van der Waals surface area (Å²) < 4.78 is 68.7. The van der Waals surface area contributed by atoms with Crippen LogP contribution in [-0.4, -0.2) is 88.1 Å². The first-order valence-electron chi connectivity index (χ1n) is 13.5. The number of fused-ring (bicyclic) bond motifs is 1. The van der Waals surface area contributed by atoms with Crippen LogP contribution < -0.4 is 4.72 Å². The Morgan fingerprint density at radius 2 is 1.79 bits per heavy atom. The van der Waals surface area contributed by atoms with Crippen molar-refractivity contribution in [2.75, 3.05) is 45.3 Å².